The largest absolute Gasteiger partial charge is 0.487 e. The van der Waals surface area contributed by atoms with E-state index < -0.39 is 0 Å². The number of nitrogen functional groups attached to an aromatic ring is 1. The van der Waals surface area contributed by atoms with Crippen LogP contribution in [0.3, 0.4) is 0 Å². The first-order chi connectivity index (χ1) is 8.83. The molecule has 4 nitrogen and oxygen atoms in total. The Hall–Kier alpha value is -2.14. The molecule has 2 heterocycles. The van der Waals surface area contributed by atoms with Crippen molar-refractivity contribution in [1.82, 2.24) is 9.97 Å². The second kappa shape index (κ2) is 4.62. The quantitative estimate of drug-likeness (QED) is 0.783. The van der Waals surface area contributed by atoms with Crippen molar-refractivity contribution >= 4 is 27.4 Å². The molecule has 0 aliphatic rings. The molecule has 0 aliphatic carbocycles. The van der Waals surface area contributed by atoms with Gasteiger partial charge in [-0.05, 0) is 24.3 Å². The number of ether oxygens (including phenoxy) is 1. The Morgan fingerprint density at radius 3 is 3.00 bits per heavy atom. The first kappa shape index (κ1) is 11.0. The summed E-state index contributed by atoms with van der Waals surface area (Å²) in [5, 5.41) is 3.47. The van der Waals surface area contributed by atoms with Gasteiger partial charge in [-0.25, -0.2) is 4.98 Å². The Labute approximate surface area is 108 Å². The van der Waals surface area contributed by atoms with Crippen LogP contribution in [0, 0.1) is 0 Å². The first-order valence-corrected chi connectivity index (χ1v) is 6.37. The maximum Gasteiger partial charge on any atom is 0.180 e. The summed E-state index contributed by atoms with van der Waals surface area (Å²) >= 11 is 1.42. The van der Waals surface area contributed by atoms with E-state index in [1.807, 2.05) is 35.7 Å². The van der Waals surface area contributed by atoms with Crippen LogP contribution in [0.5, 0.6) is 5.75 Å². The highest BCUT2D eigenvalue weighted by Crippen LogP contribution is 2.24. The minimum Gasteiger partial charge on any atom is -0.487 e. The second-order valence-electron chi connectivity index (χ2n) is 3.79. The summed E-state index contributed by atoms with van der Waals surface area (Å²) in [7, 11) is 0. The number of nitrogens with two attached hydrogens (primary N) is 1. The van der Waals surface area contributed by atoms with E-state index in [0.717, 1.165) is 22.3 Å². The molecule has 0 fully saturated rings. The Kier molecular flexibility index (Phi) is 2.82. The maximum absolute atomic E-state index is 5.77. The average molecular weight is 257 g/mol. The normalized spacial score (nSPS) is 10.7. The van der Waals surface area contributed by atoms with Crippen LogP contribution in [0.2, 0.25) is 0 Å². The second-order valence-corrected chi connectivity index (χ2v) is 4.68. The Morgan fingerprint density at radius 1 is 1.22 bits per heavy atom. The van der Waals surface area contributed by atoms with Gasteiger partial charge in [0.1, 0.15) is 12.4 Å². The average Bonchev–Trinajstić information content (AvgIpc) is 2.82. The zero-order valence-corrected chi connectivity index (χ0v) is 10.4. The number of hydrogen-bond acceptors (Lipinski definition) is 5. The van der Waals surface area contributed by atoms with Gasteiger partial charge in [0, 0.05) is 17.0 Å². The molecule has 5 heteroatoms. The van der Waals surface area contributed by atoms with Crippen LogP contribution in [0.15, 0.2) is 41.9 Å². The molecule has 90 valence electrons. The van der Waals surface area contributed by atoms with Gasteiger partial charge in [0.15, 0.2) is 5.13 Å². The fraction of sp³-hybridized carbons (Fsp3) is 0.0769. The fourth-order valence-electron chi connectivity index (χ4n) is 1.74. The summed E-state index contributed by atoms with van der Waals surface area (Å²) < 4.78 is 5.77. The van der Waals surface area contributed by atoms with Crippen LogP contribution in [0.4, 0.5) is 5.13 Å². The van der Waals surface area contributed by atoms with Crippen molar-refractivity contribution in [1.29, 1.82) is 0 Å². The lowest BCUT2D eigenvalue weighted by molar-refractivity contribution is 0.306. The van der Waals surface area contributed by atoms with Gasteiger partial charge in [-0.1, -0.05) is 6.07 Å². The predicted octanol–water partition coefficient (Wildman–Crippen LogP) is 2.85. The van der Waals surface area contributed by atoms with E-state index >= 15 is 0 Å². The Morgan fingerprint density at radius 2 is 2.17 bits per heavy atom. The van der Waals surface area contributed by atoms with Crippen LogP contribution < -0.4 is 10.5 Å². The molecule has 3 aromatic rings. The van der Waals surface area contributed by atoms with Crippen molar-refractivity contribution in [3.63, 3.8) is 0 Å². The molecular weight excluding hydrogens is 246 g/mol. The minimum absolute atomic E-state index is 0.418. The van der Waals surface area contributed by atoms with Crippen LogP contribution in [0.25, 0.3) is 10.9 Å². The molecular formula is C13H11N3OS. The van der Waals surface area contributed by atoms with E-state index in [2.05, 4.69) is 9.97 Å². The van der Waals surface area contributed by atoms with Crippen molar-refractivity contribution in [3.05, 3.63) is 47.6 Å². The van der Waals surface area contributed by atoms with E-state index in [4.69, 9.17) is 10.5 Å². The molecule has 0 saturated carbocycles. The van der Waals surface area contributed by atoms with E-state index in [0.29, 0.717) is 11.7 Å². The predicted molar refractivity (Wildman–Crippen MR) is 72.6 cm³/mol. The summed E-state index contributed by atoms with van der Waals surface area (Å²) in [5.74, 6) is 0.812. The van der Waals surface area contributed by atoms with Gasteiger partial charge in [0.05, 0.1) is 11.2 Å². The van der Waals surface area contributed by atoms with Gasteiger partial charge < -0.3 is 10.5 Å². The van der Waals surface area contributed by atoms with Crippen molar-refractivity contribution in [2.75, 3.05) is 5.73 Å². The number of anilines is 1. The molecule has 2 aromatic heterocycles. The van der Waals surface area contributed by atoms with Crippen molar-refractivity contribution < 1.29 is 4.74 Å². The third kappa shape index (κ3) is 2.12. The molecule has 0 aliphatic heterocycles. The van der Waals surface area contributed by atoms with E-state index in [9.17, 15) is 0 Å². The molecule has 3 rings (SSSR count). The zero-order chi connectivity index (χ0) is 12.4. The topological polar surface area (TPSA) is 61.0 Å². The molecule has 2 N–H and O–H groups in total. The number of benzene rings is 1. The molecule has 0 radical (unpaired) electrons. The lowest BCUT2D eigenvalue weighted by Gasteiger charge is -2.07. The van der Waals surface area contributed by atoms with E-state index in [1.54, 1.807) is 6.20 Å². The molecule has 0 bridgehead atoms. The third-order valence-electron chi connectivity index (χ3n) is 2.55. The third-order valence-corrected chi connectivity index (χ3v) is 3.27. The number of fused-ring (bicyclic) bond motifs is 1. The molecule has 1 aromatic carbocycles. The smallest absolute Gasteiger partial charge is 0.180 e. The number of nitrogens with zero attached hydrogens (tertiary/aromatic N) is 2. The highest BCUT2D eigenvalue weighted by atomic mass is 32.1. The SMILES string of the molecule is Nc1nc(COc2cccc3ncccc23)cs1. The monoisotopic (exact) mass is 257 g/mol. The number of aromatic nitrogens is 2. The number of thiazole rings is 1. The fourth-order valence-corrected chi connectivity index (χ4v) is 2.29. The molecule has 0 amide bonds. The van der Waals surface area contributed by atoms with Gasteiger partial charge in [-0.3, -0.25) is 4.98 Å². The van der Waals surface area contributed by atoms with Gasteiger partial charge in [0.2, 0.25) is 0 Å². The molecule has 18 heavy (non-hydrogen) atoms. The lowest BCUT2D eigenvalue weighted by atomic mass is 10.2. The van der Waals surface area contributed by atoms with Crippen molar-refractivity contribution in [2.45, 2.75) is 6.61 Å². The van der Waals surface area contributed by atoms with Crippen molar-refractivity contribution in [3.8, 4) is 5.75 Å². The van der Waals surface area contributed by atoms with E-state index in [-0.39, 0.29) is 0 Å². The summed E-state index contributed by atoms with van der Waals surface area (Å²) in [5.41, 5.74) is 7.35. The van der Waals surface area contributed by atoms with Gasteiger partial charge in [0.25, 0.3) is 0 Å². The van der Waals surface area contributed by atoms with Crippen molar-refractivity contribution in [2.24, 2.45) is 0 Å². The highest BCUT2D eigenvalue weighted by molar-refractivity contribution is 7.13. The Bertz CT molecular complexity index is 675. The Balaban J connectivity index is 1.86. The van der Waals surface area contributed by atoms with Gasteiger partial charge >= 0.3 is 0 Å². The standard InChI is InChI=1S/C13H11N3OS/c14-13-16-9(8-18-13)7-17-12-5-1-4-11-10(12)3-2-6-15-11/h1-6,8H,7H2,(H2,14,16). The van der Waals surface area contributed by atoms with E-state index in [1.165, 1.54) is 11.3 Å². The summed E-state index contributed by atoms with van der Waals surface area (Å²) in [6.07, 6.45) is 1.77. The van der Waals surface area contributed by atoms with Gasteiger partial charge in [-0.15, -0.1) is 11.3 Å². The summed E-state index contributed by atoms with van der Waals surface area (Å²) in [6.45, 7) is 0.418. The lowest BCUT2D eigenvalue weighted by Crippen LogP contribution is -1.97. The highest BCUT2D eigenvalue weighted by Gasteiger charge is 2.04. The van der Waals surface area contributed by atoms with Crippen LogP contribution in [-0.2, 0) is 6.61 Å². The minimum atomic E-state index is 0.418. The molecule has 0 saturated heterocycles. The first-order valence-electron chi connectivity index (χ1n) is 5.49. The number of hydrogen-bond donors (Lipinski definition) is 1. The molecule has 0 spiro atoms. The van der Waals surface area contributed by atoms with Crippen LogP contribution >= 0.6 is 11.3 Å². The van der Waals surface area contributed by atoms with Crippen LogP contribution in [-0.4, -0.2) is 9.97 Å². The summed E-state index contributed by atoms with van der Waals surface area (Å²) in [4.78, 5) is 8.45. The number of rotatable bonds is 3. The molecule has 0 unspecified atom stereocenters. The maximum atomic E-state index is 5.77. The van der Waals surface area contributed by atoms with Crippen LogP contribution in [0.1, 0.15) is 5.69 Å². The zero-order valence-electron chi connectivity index (χ0n) is 9.54. The molecule has 0 atom stereocenters. The van der Waals surface area contributed by atoms with Gasteiger partial charge in [-0.2, -0.15) is 0 Å². The number of pyridine rings is 1. The summed E-state index contributed by atoms with van der Waals surface area (Å²) in [6, 6.07) is 9.71.